The third kappa shape index (κ3) is 6.45. The number of aliphatic carboxylic acids is 1. The number of oxime groups is 1. The number of carbonyl (C=O) groups is 4. The first-order valence-electron chi connectivity index (χ1n) is 10.9. The van der Waals surface area contributed by atoms with Gasteiger partial charge in [0.05, 0.1) is 12.5 Å². The van der Waals surface area contributed by atoms with Crippen molar-refractivity contribution >= 4 is 53.7 Å². The van der Waals surface area contributed by atoms with Crippen molar-refractivity contribution in [1.29, 1.82) is 0 Å². The summed E-state index contributed by atoms with van der Waals surface area (Å²) in [6.45, 7) is 3.68. The van der Waals surface area contributed by atoms with Crippen LogP contribution in [0.4, 0.5) is 5.13 Å². The van der Waals surface area contributed by atoms with E-state index in [2.05, 4.69) is 20.0 Å². The summed E-state index contributed by atoms with van der Waals surface area (Å²) in [5.41, 5.74) is 3.35. The van der Waals surface area contributed by atoms with Crippen LogP contribution in [0.15, 0.2) is 28.7 Å². The fourth-order valence-corrected chi connectivity index (χ4v) is 5.14. The predicted molar refractivity (Wildman–Crippen MR) is 133 cm³/mol. The Labute approximate surface area is 224 Å². The summed E-state index contributed by atoms with van der Waals surface area (Å²) in [7, 11) is -5.00. The number of benzene rings is 1. The Morgan fingerprint density at radius 3 is 2.49 bits per heavy atom. The Kier molecular flexibility index (Phi) is 8.19. The molecule has 1 aliphatic heterocycles. The second kappa shape index (κ2) is 10.9. The molecule has 210 valence electrons. The molecule has 18 heteroatoms. The van der Waals surface area contributed by atoms with E-state index in [0.717, 1.165) is 23.5 Å². The number of carboxylic acid groups (broad SMARTS) is 1. The molecule has 39 heavy (non-hydrogen) atoms. The van der Waals surface area contributed by atoms with Gasteiger partial charge in [-0.05, 0) is 38.5 Å². The van der Waals surface area contributed by atoms with Crippen LogP contribution in [0, 0.1) is 0 Å². The standard InChI is InChI=1S/C21H24N5O11PS/c1-9-15(24-17(30)16(11-8-39-20(22)23-11)25-37-21(2,3)19(32)33)18(31)26(9)38(34,35)36-14(29)7-10-4-5-12(27)13(28)6-10/h4-6,8-9,15,27-28H,7H2,1-3H3,(H2,22,23)(H,24,30)(H,32,33)(H,34,35)/b25-16-/t9-,15-/m0/s1. The van der Waals surface area contributed by atoms with Gasteiger partial charge in [-0.25, -0.2) is 19.0 Å². The Bertz CT molecular complexity index is 1410. The number of thiazole rings is 1. The number of amides is 2. The first-order valence-corrected chi connectivity index (χ1v) is 13.4. The highest BCUT2D eigenvalue weighted by molar-refractivity contribution is 7.51. The van der Waals surface area contributed by atoms with Crippen molar-refractivity contribution in [2.75, 3.05) is 5.73 Å². The van der Waals surface area contributed by atoms with Crippen LogP contribution in [0.5, 0.6) is 11.5 Å². The number of aromatic hydroxyl groups is 2. The van der Waals surface area contributed by atoms with Gasteiger partial charge in [0.2, 0.25) is 5.60 Å². The average Bonchev–Trinajstić information content (AvgIpc) is 3.25. The predicted octanol–water partition coefficient (Wildman–Crippen LogP) is 0.322. The first-order chi connectivity index (χ1) is 18.0. The zero-order chi connectivity index (χ0) is 29.3. The fourth-order valence-electron chi connectivity index (χ4n) is 3.21. The molecule has 0 aliphatic carbocycles. The molecule has 1 saturated heterocycles. The van der Waals surface area contributed by atoms with Crippen LogP contribution in [0.1, 0.15) is 32.0 Å². The van der Waals surface area contributed by atoms with Crippen molar-refractivity contribution in [1.82, 2.24) is 15.0 Å². The highest BCUT2D eigenvalue weighted by Crippen LogP contribution is 2.52. The lowest BCUT2D eigenvalue weighted by Gasteiger charge is -2.45. The second-order valence-corrected chi connectivity index (χ2v) is 11.2. The smallest absolute Gasteiger partial charge is 0.491 e. The lowest BCUT2D eigenvalue weighted by atomic mass is 10.0. The van der Waals surface area contributed by atoms with Crippen LogP contribution in [-0.2, 0) is 39.5 Å². The van der Waals surface area contributed by atoms with Crippen LogP contribution < -0.4 is 11.1 Å². The van der Waals surface area contributed by atoms with Gasteiger partial charge in [0.1, 0.15) is 11.7 Å². The quantitative estimate of drug-likeness (QED) is 0.0723. The minimum Gasteiger partial charge on any atom is -0.504 e. The molecule has 1 aliphatic rings. The van der Waals surface area contributed by atoms with Crippen LogP contribution in [0.2, 0.25) is 0 Å². The molecular weight excluding hydrogens is 561 g/mol. The summed E-state index contributed by atoms with van der Waals surface area (Å²) >= 11 is 0.955. The largest absolute Gasteiger partial charge is 0.504 e. The number of hydrogen-bond donors (Lipinski definition) is 6. The maximum absolute atomic E-state index is 13.0. The van der Waals surface area contributed by atoms with E-state index in [1.165, 1.54) is 32.2 Å². The molecule has 2 amide bonds. The first kappa shape index (κ1) is 29.3. The Balaban J connectivity index is 1.70. The van der Waals surface area contributed by atoms with E-state index in [0.29, 0.717) is 4.67 Å². The van der Waals surface area contributed by atoms with Gasteiger partial charge in [0, 0.05) is 5.38 Å². The summed E-state index contributed by atoms with van der Waals surface area (Å²) < 4.78 is 17.7. The number of phenols is 2. The number of phenolic OH excluding ortho intramolecular Hbond substituents is 2. The summed E-state index contributed by atoms with van der Waals surface area (Å²) in [6.07, 6.45) is -0.557. The van der Waals surface area contributed by atoms with Gasteiger partial charge < -0.3 is 35.7 Å². The van der Waals surface area contributed by atoms with E-state index in [4.69, 9.17) is 10.6 Å². The van der Waals surface area contributed by atoms with E-state index in [1.54, 1.807) is 0 Å². The van der Waals surface area contributed by atoms with Gasteiger partial charge in [0.15, 0.2) is 22.3 Å². The molecule has 1 aromatic heterocycles. The monoisotopic (exact) mass is 585 g/mol. The zero-order valence-electron chi connectivity index (χ0n) is 20.6. The van der Waals surface area contributed by atoms with Crippen molar-refractivity contribution in [2.45, 2.75) is 44.9 Å². The van der Waals surface area contributed by atoms with Crippen LogP contribution in [0.25, 0.3) is 0 Å². The summed E-state index contributed by atoms with van der Waals surface area (Å²) in [5, 5.41) is 35.4. The zero-order valence-corrected chi connectivity index (χ0v) is 22.3. The van der Waals surface area contributed by atoms with Crippen LogP contribution in [-0.4, -0.2) is 77.0 Å². The lowest BCUT2D eigenvalue weighted by Crippen LogP contribution is -2.68. The second-order valence-electron chi connectivity index (χ2n) is 8.75. The highest BCUT2D eigenvalue weighted by Gasteiger charge is 2.56. The number of nitrogens with one attached hydrogen (secondary N) is 1. The van der Waals surface area contributed by atoms with Gasteiger partial charge >= 0.3 is 19.7 Å². The third-order valence-electron chi connectivity index (χ3n) is 5.39. The van der Waals surface area contributed by atoms with E-state index < -0.39 is 72.8 Å². The number of nitrogens with two attached hydrogens (primary N) is 1. The maximum atomic E-state index is 13.0. The molecule has 1 fully saturated rings. The van der Waals surface area contributed by atoms with E-state index in [1.807, 2.05) is 0 Å². The van der Waals surface area contributed by atoms with Crippen LogP contribution in [0.3, 0.4) is 0 Å². The van der Waals surface area contributed by atoms with Crippen LogP contribution >= 0.6 is 19.1 Å². The van der Waals surface area contributed by atoms with Crippen molar-refractivity contribution in [3.63, 3.8) is 0 Å². The van der Waals surface area contributed by atoms with E-state index in [9.17, 15) is 44.0 Å². The molecule has 0 bridgehead atoms. The van der Waals surface area contributed by atoms with Gasteiger partial charge in [-0.15, -0.1) is 11.3 Å². The normalized spacial score (nSPS) is 19.0. The molecular formula is C21H24N5O11PS. The molecule has 3 rings (SSSR count). The Morgan fingerprint density at radius 2 is 1.95 bits per heavy atom. The Morgan fingerprint density at radius 1 is 1.28 bits per heavy atom. The van der Waals surface area contributed by atoms with Crippen molar-refractivity contribution < 1.29 is 53.3 Å². The molecule has 0 spiro atoms. The molecule has 0 radical (unpaired) electrons. The van der Waals surface area contributed by atoms with E-state index in [-0.39, 0.29) is 16.4 Å². The topological polar surface area (TPSA) is 251 Å². The average molecular weight is 585 g/mol. The van der Waals surface area contributed by atoms with Crippen molar-refractivity contribution in [2.24, 2.45) is 5.16 Å². The molecule has 7 N–H and O–H groups in total. The summed E-state index contributed by atoms with van der Waals surface area (Å²) in [4.78, 5) is 68.3. The number of hydrogen-bond acceptors (Lipinski definition) is 13. The van der Waals surface area contributed by atoms with Gasteiger partial charge in [0.25, 0.3) is 11.8 Å². The molecule has 0 saturated carbocycles. The number of nitrogens with zero attached hydrogens (tertiary/aromatic N) is 3. The number of anilines is 1. The summed E-state index contributed by atoms with van der Waals surface area (Å²) in [6, 6.07) is 0.965. The molecule has 1 aromatic carbocycles. The minimum absolute atomic E-state index is 0.0628. The molecule has 2 heterocycles. The molecule has 3 atom stereocenters. The molecule has 2 aromatic rings. The number of rotatable bonds is 10. The SMILES string of the molecule is C[C@H]1[C@H](NC(=O)/C(=N\OC(C)(C)C(=O)O)c2csc(N)n2)C(=O)N1P(=O)(O)OC(=O)Cc1ccc(O)c(O)c1. The fraction of sp³-hybridized carbons (Fsp3) is 0.333. The third-order valence-corrected chi connectivity index (χ3v) is 7.61. The number of aromatic nitrogens is 1. The highest BCUT2D eigenvalue weighted by atomic mass is 32.1. The minimum atomic E-state index is -5.00. The number of carbonyl (C=O) groups excluding carboxylic acids is 3. The summed E-state index contributed by atoms with van der Waals surface area (Å²) in [5.74, 6) is -5.61. The number of nitrogen functional groups attached to an aromatic ring is 1. The Hall–Kier alpha value is -4.21. The number of β-lactam (4-membered cyclic amide) rings is 1. The van der Waals surface area contributed by atoms with Gasteiger partial charge in [-0.2, -0.15) is 0 Å². The lowest BCUT2D eigenvalue weighted by molar-refractivity contribution is -0.161. The van der Waals surface area contributed by atoms with Gasteiger partial charge in [-0.1, -0.05) is 11.2 Å². The van der Waals surface area contributed by atoms with Gasteiger partial charge in [-0.3, -0.25) is 19.3 Å². The van der Waals surface area contributed by atoms with Crippen molar-refractivity contribution in [3.05, 3.63) is 34.8 Å². The number of carboxylic acids is 1. The van der Waals surface area contributed by atoms with Crippen molar-refractivity contribution in [3.8, 4) is 11.5 Å². The molecule has 1 unspecified atom stereocenters. The van der Waals surface area contributed by atoms with E-state index >= 15 is 0 Å². The molecule has 16 nitrogen and oxygen atoms in total. The maximum Gasteiger partial charge on any atom is 0.491 e.